The molecule has 3 nitrogen and oxygen atoms in total. The molecule has 0 spiro atoms. The molecule has 0 unspecified atom stereocenters. The quantitative estimate of drug-likeness (QED) is 0.714. The fraction of sp³-hybridized carbons (Fsp3) is 0.462. The van der Waals surface area contributed by atoms with Crippen LogP contribution in [0.15, 0.2) is 21.0 Å². The highest BCUT2D eigenvalue weighted by atomic mass is 79.9. The van der Waals surface area contributed by atoms with Gasteiger partial charge in [0.25, 0.3) is 0 Å². The molecule has 0 bridgehead atoms. The third kappa shape index (κ3) is 2.99. The first-order valence-corrected chi connectivity index (χ1v) is 7.87. The first-order valence-electron chi connectivity index (χ1n) is 5.97. The maximum Gasteiger partial charge on any atom is 0.181 e. The van der Waals surface area contributed by atoms with E-state index in [0.717, 1.165) is 0 Å². The first-order chi connectivity index (χ1) is 9.21. The Balaban J connectivity index is 2.51. The molecule has 0 saturated carbocycles. The molecule has 0 saturated heterocycles. The molecule has 7 heteroatoms. The zero-order chi connectivity index (χ0) is 15.1. The molecule has 0 aliphatic carbocycles. The van der Waals surface area contributed by atoms with E-state index < -0.39 is 28.1 Å². The zero-order valence-corrected chi connectivity index (χ0v) is 13.6. The van der Waals surface area contributed by atoms with Crippen molar-refractivity contribution in [3.05, 3.63) is 28.0 Å². The van der Waals surface area contributed by atoms with Gasteiger partial charge in [0.05, 0.1) is 4.47 Å². The van der Waals surface area contributed by atoms with Gasteiger partial charge in [-0.25, -0.2) is 8.78 Å². The summed E-state index contributed by atoms with van der Waals surface area (Å²) < 4.78 is 48.6. The van der Waals surface area contributed by atoms with Crippen LogP contribution in [0.5, 0.6) is 5.75 Å². The van der Waals surface area contributed by atoms with Crippen molar-refractivity contribution < 1.29 is 18.1 Å². The molecule has 1 aromatic rings. The average molecular weight is 366 g/mol. The van der Waals surface area contributed by atoms with Gasteiger partial charge in [-0.2, -0.15) is 0 Å². The third-order valence-electron chi connectivity index (χ3n) is 2.70. The van der Waals surface area contributed by atoms with Crippen LogP contribution in [0.4, 0.5) is 8.78 Å². The van der Waals surface area contributed by atoms with Crippen molar-refractivity contribution in [3.63, 3.8) is 0 Å². The SMILES string of the molecule is CC(C)(C)[S@+]([O-])N=C1c2ccc(Br)c(F)c2OC[C@H]1F. The highest BCUT2D eigenvalue weighted by Crippen LogP contribution is 2.34. The monoisotopic (exact) mass is 365 g/mol. The molecular formula is C13H14BrF2NO2S. The molecule has 2 rings (SSSR count). The lowest BCUT2D eigenvalue weighted by atomic mass is 10.0. The molecule has 1 aliphatic rings. The molecule has 2 atom stereocenters. The van der Waals surface area contributed by atoms with Gasteiger partial charge in [0.2, 0.25) is 0 Å². The van der Waals surface area contributed by atoms with Gasteiger partial charge < -0.3 is 9.29 Å². The van der Waals surface area contributed by atoms with Crippen molar-refractivity contribution in [3.8, 4) is 5.75 Å². The van der Waals surface area contributed by atoms with Crippen LogP contribution in [-0.4, -0.2) is 27.8 Å². The van der Waals surface area contributed by atoms with Gasteiger partial charge in [0.15, 0.2) is 17.7 Å². The molecule has 0 fully saturated rings. The van der Waals surface area contributed by atoms with E-state index in [4.69, 9.17) is 4.74 Å². The summed E-state index contributed by atoms with van der Waals surface area (Å²) in [5, 5.41) is 0. The number of rotatable bonds is 1. The van der Waals surface area contributed by atoms with Crippen molar-refractivity contribution >= 4 is 33.0 Å². The van der Waals surface area contributed by atoms with Crippen molar-refractivity contribution in [2.45, 2.75) is 31.7 Å². The smallest absolute Gasteiger partial charge is 0.181 e. The molecule has 1 heterocycles. The molecule has 0 N–H and O–H groups in total. The second-order valence-electron chi connectivity index (χ2n) is 5.35. The molecular weight excluding hydrogens is 352 g/mol. The van der Waals surface area contributed by atoms with E-state index in [1.807, 2.05) is 0 Å². The van der Waals surface area contributed by atoms with Crippen LogP contribution in [-0.2, 0) is 11.4 Å². The fourth-order valence-electron chi connectivity index (χ4n) is 1.61. The van der Waals surface area contributed by atoms with Crippen LogP contribution >= 0.6 is 15.9 Å². The maximum absolute atomic E-state index is 14.0. The van der Waals surface area contributed by atoms with E-state index in [-0.39, 0.29) is 28.1 Å². The predicted octanol–water partition coefficient (Wildman–Crippen LogP) is 3.57. The summed E-state index contributed by atoms with van der Waals surface area (Å²) in [6.07, 6.45) is -1.52. The minimum atomic E-state index is -1.62. The normalized spacial score (nSPS) is 22.4. The number of benzene rings is 1. The summed E-state index contributed by atoms with van der Waals surface area (Å²) in [7, 11) is 0. The lowest BCUT2D eigenvalue weighted by Gasteiger charge is -2.24. The minimum Gasteiger partial charge on any atom is -0.591 e. The number of hydrogen-bond donors (Lipinski definition) is 0. The van der Waals surface area contributed by atoms with Gasteiger partial charge in [-0.1, -0.05) is 4.40 Å². The fourth-order valence-corrected chi connectivity index (χ4v) is 2.59. The Morgan fingerprint density at radius 2 is 2.10 bits per heavy atom. The third-order valence-corrected chi connectivity index (χ3v) is 4.72. The predicted molar refractivity (Wildman–Crippen MR) is 78.9 cm³/mol. The van der Waals surface area contributed by atoms with E-state index in [9.17, 15) is 13.3 Å². The minimum absolute atomic E-state index is 0.0223. The van der Waals surface area contributed by atoms with E-state index in [2.05, 4.69) is 20.3 Å². The van der Waals surface area contributed by atoms with Crippen LogP contribution in [0.25, 0.3) is 0 Å². The molecule has 110 valence electrons. The summed E-state index contributed by atoms with van der Waals surface area (Å²) in [4.78, 5) is 0. The number of hydrogen-bond acceptors (Lipinski definition) is 3. The largest absolute Gasteiger partial charge is 0.591 e. The Morgan fingerprint density at radius 1 is 1.45 bits per heavy atom. The summed E-state index contributed by atoms with van der Waals surface area (Å²) in [6, 6.07) is 2.96. The summed E-state index contributed by atoms with van der Waals surface area (Å²) in [5.74, 6) is -0.665. The highest BCUT2D eigenvalue weighted by molar-refractivity contribution is 9.10. The summed E-state index contributed by atoms with van der Waals surface area (Å²) in [6.45, 7) is 4.88. The zero-order valence-electron chi connectivity index (χ0n) is 11.2. The van der Waals surface area contributed by atoms with Gasteiger partial charge in [0, 0.05) is 5.56 Å². The molecule has 0 aromatic heterocycles. The van der Waals surface area contributed by atoms with Gasteiger partial charge in [-0.15, -0.1) is 0 Å². The summed E-state index contributed by atoms with van der Waals surface area (Å²) >= 11 is 1.43. The standard InChI is InChI=1S/C13H14BrF2NO2S/c1-13(2,3)20(18)17-11-7-4-5-8(14)10(16)12(7)19-6-9(11)15/h4-5,9H,6H2,1-3H3/t9-,20+/m1/s1. The van der Waals surface area contributed by atoms with Crippen molar-refractivity contribution in [2.75, 3.05) is 6.61 Å². The Kier molecular flexibility index (Phi) is 4.41. The highest BCUT2D eigenvalue weighted by Gasteiger charge is 2.35. The van der Waals surface area contributed by atoms with Crippen LogP contribution in [0.1, 0.15) is 26.3 Å². The molecule has 1 aromatic carbocycles. The summed E-state index contributed by atoms with van der Waals surface area (Å²) in [5.41, 5.74) is 0.188. The Hall–Kier alpha value is -0.660. The van der Waals surface area contributed by atoms with Gasteiger partial charge >= 0.3 is 0 Å². The van der Waals surface area contributed by atoms with Crippen molar-refractivity contribution in [1.82, 2.24) is 0 Å². The number of nitrogens with zero attached hydrogens (tertiary/aromatic N) is 1. The molecule has 1 aliphatic heterocycles. The molecule has 0 radical (unpaired) electrons. The lowest BCUT2D eigenvalue weighted by molar-refractivity contribution is 0.222. The topological polar surface area (TPSA) is 44.7 Å². The Morgan fingerprint density at radius 3 is 2.70 bits per heavy atom. The van der Waals surface area contributed by atoms with Gasteiger partial charge in [-0.05, 0) is 48.8 Å². The number of fused-ring (bicyclic) bond motifs is 1. The Labute approximate surface area is 127 Å². The second-order valence-corrected chi connectivity index (χ2v) is 8.11. The molecule has 20 heavy (non-hydrogen) atoms. The van der Waals surface area contributed by atoms with Crippen LogP contribution in [0.3, 0.4) is 0 Å². The number of alkyl halides is 1. The maximum atomic E-state index is 14.0. The van der Waals surface area contributed by atoms with Crippen molar-refractivity contribution in [1.29, 1.82) is 0 Å². The Bertz CT molecular complexity index is 560. The van der Waals surface area contributed by atoms with E-state index in [1.54, 1.807) is 20.8 Å². The lowest BCUT2D eigenvalue weighted by Crippen LogP contribution is -2.34. The molecule has 0 amide bonds. The number of ether oxygens (including phenoxy) is 1. The van der Waals surface area contributed by atoms with Gasteiger partial charge in [0.1, 0.15) is 28.4 Å². The number of halogens is 3. The van der Waals surface area contributed by atoms with Crippen molar-refractivity contribution in [2.24, 2.45) is 4.40 Å². The van der Waals surface area contributed by atoms with Crippen LogP contribution in [0, 0.1) is 5.82 Å². The van der Waals surface area contributed by atoms with E-state index in [0.29, 0.717) is 0 Å². The van der Waals surface area contributed by atoms with E-state index >= 15 is 0 Å². The van der Waals surface area contributed by atoms with Gasteiger partial charge in [-0.3, -0.25) is 0 Å². The van der Waals surface area contributed by atoms with Crippen LogP contribution < -0.4 is 4.74 Å². The van der Waals surface area contributed by atoms with Crippen LogP contribution in [0.2, 0.25) is 0 Å². The average Bonchev–Trinajstić information content (AvgIpc) is 2.35. The van der Waals surface area contributed by atoms with E-state index in [1.165, 1.54) is 12.1 Å². The first kappa shape index (κ1) is 15.7. The second kappa shape index (κ2) is 5.61.